The van der Waals surface area contributed by atoms with Gasteiger partial charge in [0.05, 0.1) is 19.8 Å². The highest BCUT2D eigenvalue weighted by Gasteiger charge is 2.28. The Balaban J connectivity index is 1.46. The molecule has 30 heavy (non-hydrogen) atoms. The number of hydrogen-bond donors (Lipinski definition) is 0. The van der Waals surface area contributed by atoms with Gasteiger partial charge in [-0.05, 0) is 54.4 Å². The maximum absolute atomic E-state index is 13.0. The first kappa shape index (κ1) is 19.6. The molecule has 1 amide bonds. The van der Waals surface area contributed by atoms with Gasteiger partial charge in [0.25, 0.3) is 5.91 Å². The van der Waals surface area contributed by atoms with Gasteiger partial charge in [-0.2, -0.15) is 0 Å². The van der Waals surface area contributed by atoms with E-state index in [9.17, 15) is 9.59 Å². The summed E-state index contributed by atoms with van der Waals surface area (Å²) in [5, 5.41) is 0. The number of para-hydroxylation sites is 2. The molecule has 0 unspecified atom stereocenters. The van der Waals surface area contributed by atoms with E-state index in [0.717, 1.165) is 11.3 Å². The van der Waals surface area contributed by atoms with Crippen molar-refractivity contribution in [3.8, 4) is 11.5 Å². The Bertz CT molecular complexity index is 1090. The lowest BCUT2D eigenvalue weighted by molar-refractivity contribution is 0.0600. The normalized spacial score (nSPS) is 12.4. The molecular formula is C23H21NO6. The lowest BCUT2D eigenvalue weighted by Gasteiger charge is -2.16. The summed E-state index contributed by atoms with van der Waals surface area (Å²) in [5.41, 5.74) is 2.17. The number of rotatable bonds is 6. The van der Waals surface area contributed by atoms with E-state index in [2.05, 4.69) is 0 Å². The molecule has 3 aromatic rings. The van der Waals surface area contributed by atoms with Crippen molar-refractivity contribution in [1.82, 2.24) is 0 Å². The Hall–Kier alpha value is -3.74. The molecule has 2 aromatic carbocycles. The van der Waals surface area contributed by atoms with Gasteiger partial charge in [-0.25, -0.2) is 4.79 Å². The van der Waals surface area contributed by atoms with Crippen molar-refractivity contribution >= 4 is 17.6 Å². The van der Waals surface area contributed by atoms with Crippen LogP contribution in [0, 0.1) is 0 Å². The summed E-state index contributed by atoms with van der Waals surface area (Å²) >= 11 is 0. The highest BCUT2D eigenvalue weighted by molar-refractivity contribution is 6.06. The van der Waals surface area contributed by atoms with Gasteiger partial charge in [-0.15, -0.1) is 0 Å². The molecule has 7 heteroatoms. The number of ether oxygens (including phenoxy) is 3. The van der Waals surface area contributed by atoms with Crippen LogP contribution in [0.3, 0.4) is 0 Å². The minimum Gasteiger partial charge on any atom is -0.493 e. The quantitative estimate of drug-likeness (QED) is 0.578. The summed E-state index contributed by atoms with van der Waals surface area (Å²) in [6, 6.07) is 15.9. The van der Waals surface area contributed by atoms with Crippen molar-refractivity contribution in [2.75, 3.05) is 25.7 Å². The van der Waals surface area contributed by atoms with E-state index in [0.29, 0.717) is 35.8 Å². The average molecular weight is 407 g/mol. The first-order valence-electron chi connectivity index (χ1n) is 9.48. The zero-order valence-electron chi connectivity index (χ0n) is 16.7. The van der Waals surface area contributed by atoms with Crippen LogP contribution in [0.2, 0.25) is 0 Å². The number of nitrogens with zero attached hydrogens (tertiary/aromatic N) is 1. The van der Waals surface area contributed by atoms with Gasteiger partial charge in [-0.3, -0.25) is 4.79 Å². The fraction of sp³-hybridized carbons (Fsp3) is 0.217. The third kappa shape index (κ3) is 3.74. The van der Waals surface area contributed by atoms with E-state index >= 15 is 0 Å². The molecule has 1 aliphatic rings. The summed E-state index contributed by atoms with van der Waals surface area (Å²) in [5.74, 6) is 1.36. The molecule has 0 spiro atoms. The maximum Gasteiger partial charge on any atom is 0.337 e. The molecule has 0 fully saturated rings. The fourth-order valence-electron chi connectivity index (χ4n) is 3.45. The van der Waals surface area contributed by atoms with E-state index in [1.807, 2.05) is 18.2 Å². The molecule has 0 saturated carbocycles. The molecule has 1 aromatic heterocycles. The van der Waals surface area contributed by atoms with Gasteiger partial charge in [0.1, 0.15) is 12.4 Å². The second kappa shape index (κ2) is 8.32. The van der Waals surface area contributed by atoms with E-state index in [1.54, 1.807) is 48.4 Å². The number of fused-ring (bicyclic) bond motifs is 1. The average Bonchev–Trinajstić information content (AvgIpc) is 3.43. The fourth-order valence-corrected chi connectivity index (χ4v) is 3.45. The summed E-state index contributed by atoms with van der Waals surface area (Å²) in [6.45, 7) is 0.694. The van der Waals surface area contributed by atoms with E-state index in [1.165, 1.54) is 7.11 Å². The minimum absolute atomic E-state index is 0.173. The largest absolute Gasteiger partial charge is 0.493 e. The molecule has 1 aliphatic heterocycles. The van der Waals surface area contributed by atoms with Crippen LogP contribution >= 0.6 is 0 Å². The standard InChI is InChI=1S/C23H21NO6/c1-27-19-5-3-4-6-20(19)29-14-17-8-10-21(30-17)22(25)24-12-11-15-13-16(23(26)28-2)7-9-18(15)24/h3-10,13H,11-12,14H2,1-2H3. The van der Waals surface area contributed by atoms with Crippen molar-refractivity contribution in [2.45, 2.75) is 13.0 Å². The summed E-state index contributed by atoms with van der Waals surface area (Å²) in [6.07, 6.45) is 0.663. The predicted octanol–water partition coefficient (Wildman–Crippen LogP) is 3.86. The molecule has 0 aliphatic carbocycles. The molecule has 0 radical (unpaired) electrons. The van der Waals surface area contributed by atoms with Gasteiger partial charge in [-0.1, -0.05) is 12.1 Å². The van der Waals surface area contributed by atoms with Gasteiger partial charge >= 0.3 is 5.97 Å². The van der Waals surface area contributed by atoms with Crippen LogP contribution in [0.1, 0.15) is 32.2 Å². The van der Waals surface area contributed by atoms with Crippen LogP contribution in [0.5, 0.6) is 11.5 Å². The Labute approximate surface area is 173 Å². The van der Waals surface area contributed by atoms with Crippen molar-refractivity contribution in [3.05, 3.63) is 77.2 Å². The minimum atomic E-state index is -0.395. The number of furan rings is 1. The van der Waals surface area contributed by atoms with E-state index in [-0.39, 0.29) is 18.3 Å². The number of benzene rings is 2. The SMILES string of the molecule is COC(=O)c1ccc2c(c1)CCN2C(=O)c1ccc(COc2ccccc2OC)o1. The number of carbonyl (C=O) groups excluding carboxylic acids is 2. The van der Waals surface area contributed by atoms with Gasteiger partial charge in [0.15, 0.2) is 17.3 Å². The first-order valence-corrected chi connectivity index (χ1v) is 9.48. The Morgan fingerprint density at radius 1 is 1.03 bits per heavy atom. The lowest BCUT2D eigenvalue weighted by Crippen LogP contribution is -2.28. The number of methoxy groups -OCH3 is 2. The zero-order valence-corrected chi connectivity index (χ0v) is 16.7. The van der Waals surface area contributed by atoms with Gasteiger partial charge < -0.3 is 23.5 Å². The van der Waals surface area contributed by atoms with E-state index < -0.39 is 5.97 Å². The molecule has 7 nitrogen and oxygen atoms in total. The number of carbonyl (C=O) groups is 2. The summed E-state index contributed by atoms with van der Waals surface area (Å²) in [7, 11) is 2.92. The van der Waals surface area contributed by atoms with Crippen molar-refractivity contribution in [3.63, 3.8) is 0 Å². The van der Waals surface area contributed by atoms with Crippen LogP contribution in [-0.4, -0.2) is 32.6 Å². The lowest BCUT2D eigenvalue weighted by atomic mass is 10.1. The van der Waals surface area contributed by atoms with Crippen LogP contribution in [0.25, 0.3) is 0 Å². The monoisotopic (exact) mass is 407 g/mol. The first-order chi connectivity index (χ1) is 14.6. The molecule has 154 valence electrons. The Morgan fingerprint density at radius 3 is 2.60 bits per heavy atom. The molecule has 2 heterocycles. The Morgan fingerprint density at radius 2 is 1.83 bits per heavy atom. The third-order valence-electron chi connectivity index (χ3n) is 4.95. The topological polar surface area (TPSA) is 78.2 Å². The van der Waals surface area contributed by atoms with Crippen molar-refractivity contribution < 1.29 is 28.2 Å². The predicted molar refractivity (Wildman–Crippen MR) is 109 cm³/mol. The molecule has 0 atom stereocenters. The van der Waals surface area contributed by atoms with Crippen LogP contribution in [-0.2, 0) is 17.8 Å². The highest BCUT2D eigenvalue weighted by atomic mass is 16.5. The molecule has 0 saturated heterocycles. The number of hydrogen-bond acceptors (Lipinski definition) is 6. The Kier molecular flexibility index (Phi) is 5.43. The molecular weight excluding hydrogens is 386 g/mol. The number of esters is 1. The molecule has 0 bridgehead atoms. The third-order valence-corrected chi connectivity index (χ3v) is 4.95. The van der Waals surface area contributed by atoms with Crippen LogP contribution in [0.4, 0.5) is 5.69 Å². The smallest absolute Gasteiger partial charge is 0.337 e. The zero-order chi connectivity index (χ0) is 21.1. The van der Waals surface area contributed by atoms with E-state index in [4.69, 9.17) is 18.6 Å². The number of amides is 1. The maximum atomic E-state index is 13.0. The summed E-state index contributed by atoms with van der Waals surface area (Å²) < 4.78 is 21.5. The second-order valence-electron chi connectivity index (χ2n) is 6.75. The van der Waals surface area contributed by atoms with Crippen LogP contribution < -0.4 is 14.4 Å². The number of anilines is 1. The molecule has 0 N–H and O–H groups in total. The second-order valence-corrected chi connectivity index (χ2v) is 6.75. The molecule has 4 rings (SSSR count). The van der Waals surface area contributed by atoms with Crippen LogP contribution in [0.15, 0.2) is 59.0 Å². The van der Waals surface area contributed by atoms with Gasteiger partial charge in [0, 0.05) is 12.2 Å². The van der Waals surface area contributed by atoms with Crippen molar-refractivity contribution in [2.24, 2.45) is 0 Å². The van der Waals surface area contributed by atoms with Crippen molar-refractivity contribution in [1.29, 1.82) is 0 Å². The van der Waals surface area contributed by atoms with Gasteiger partial charge in [0.2, 0.25) is 0 Å². The summed E-state index contributed by atoms with van der Waals surface area (Å²) in [4.78, 5) is 26.3. The highest BCUT2D eigenvalue weighted by Crippen LogP contribution is 2.31.